The van der Waals surface area contributed by atoms with Gasteiger partial charge in [0, 0.05) is 24.7 Å². The molecule has 0 atom stereocenters. The van der Waals surface area contributed by atoms with Crippen LogP contribution in [0.2, 0.25) is 5.15 Å². The largest absolute Gasteiger partial charge is 0.383 e. The van der Waals surface area contributed by atoms with Crippen molar-refractivity contribution in [1.82, 2.24) is 14.9 Å². The van der Waals surface area contributed by atoms with Crippen LogP contribution in [0.3, 0.4) is 0 Å². The molecular weight excluding hydrogens is 312 g/mol. The molecule has 1 aliphatic heterocycles. The molecule has 2 aromatic heterocycles. The molecule has 0 unspecified atom stereocenters. The molecule has 0 amide bonds. The topological polar surface area (TPSA) is 58.1 Å². The fourth-order valence-electron chi connectivity index (χ4n) is 3.03. The van der Waals surface area contributed by atoms with Crippen LogP contribution in [0.5, 0.6) is 0 Å². The minimum Gasteiger partial charge on any atom is -0.383 e. The standard InChI is InChI=1S/C17H21ClN4O/c1-22-7-4-12(5-8-22)10-20-16-13(6-9-23)11-19-14-2-3-15(18)21-17(14)16/h2-3,9,11-12H,4-8,10H2,1H3,(H,19,20). The average Bonchev–Trinajstić information content (AvgIpc) is 2.55. The average molecular weight is 333 g/mol. The van der Waals surface area contributed by atoms with E-state index in [0.717, 1.165) is 48.2 Å². The van der Waals surface area contributed by atoms with Crippen molar-refractivity contribution < 1.29 is 4.79 Å². The summed E-state index contributed by atoms with van der Waals surface area (Å²) in [6.45, 7) is 3.15. The molecule has 1 saturated heterocycles. The first-order chi connectivity index (χ1) is 11.2. The highest BCUT2D eigenvalue weighted by Crippen LogP contribution is 2.27. The van der Waals surface area contributed by atoms with Crippen LogP contribution in [0, 0.1) is 5.92 Å². The molecule has 1 N–H and O–H groups in total. The zero-order valence-corrected chi connectivity index (χ0v) is 14.0. The summed E-state index contributed by atoms with van der Waals surface area (Å²) in [6.07, 6.45) is 5.34. The molecule has 5 nitrogen and oxygen atoms in total. The maximum absolute atomic E-state index is 11.0. The molecule has 3 rings (SSSR count). The van der Waals surface area contributed by atoms with Crippen LogP contribution in [0.1, 0.15) is 18.4 Å². The number of anilines is 1. The first kappa shape index (κ1) is 16.1. The second-order valence-electron chi connectivity index (χ2n) is 6.16. The van der Waals surface area contributed by atoms with E-state index in [-0.39, 0.29) is 0 Å². The lowest BCUT2D eigenvalue weighted by molar-refractivity contribution is -0.107. The molecule has 0 aliphatic carbocycles. The minimum absolute atomic E-state index is 0.326. The molecule has 3 heterocycles. The quantitative estimate of drug-likeness (QED) is 0.674. The number of aromatic nitrogens is 2. The van der Waals surface area contributed by atoms with Gasteiger partial charge in [0.2, 0.25) is 0 Å². The van der Waals surface area contributed by atoms with Crippen LogP contribution in [0.25, 0.3) is 11.0 Å². The van der Waals surface area contributed by atoms with E-state index in [9.17, 15) is 4.79 Å². The molecule has 1 fully saturated rings. The maximum atomic E-state index is 11.0. The molecule has 0 radical (unpaired) electrons. The second-order valence-corrected chi connectivity index (χ2v) is 6.55. The van der Waals surface area contributed by atoms with E-state index in [0.29, 0.717) is 17.5 Å². The van der Waals surface area contributed by atoms with Gasteiger partial charge >= 0.3 is 0 Å². The van der Waals surface area contributed by atoms with Crippen LogP contribution in [0.15, 0.2) is 18.3 Å². The summed E-state index contributed by atoms with van der Waals surface area (Å²) in [5, 5.41) is 3.95. The lowest BCUT2D eigenvalue weighted by atomic mass is 9.97. The Balaban J connectivity index is 1.85. The van der Waals surface area contributed by atoms with Gasteiger partial charge in [-0.25, -0.2) is 4.98 Å². The van der Waals surface area contributed by atoms with Gasteiger partial charge in [-0.2, -0.15) is 0 Å². The highest BCUT2D eigenvalue weighted by molar-refractivity contribution is 6.29. The van der Waals surface area contributed by atoms with Crippen molar-refractivity contribution >= 4 is 34.6 Å². The number of fused-ring (bicyclic) bond motifs is 1. The van der Waals surface area contributed by atoms with Crippen LogP contribution in [-0.4, -0.2) is 47.8 Å². The van der Waals surface area contributed by atoms with E-state index in [4.69, 9.17) is 11.6 Å². The molecule has 0 saturated carbocycles. The number of carbonyl (C=O) groups excluding carboxylic acids is 1. The number of aldehydes is 1. The molecule has 122 valence electrons. The highest BCUT2D eigenvalue weighted by atomic mass is 35.5. The van der Waals surface area contributed by atoms with Crippen LogP contribution < -0.4 is 5.32 Å². The summed E-state index contributed by atoms with van der Waals surface area (Å²) in [5.41, 5.74) is 3.29. The minimum atomic E-state index is 0.326. The third-order valence-corrected chi connectivity index (χ3v) is 4.68. The van der Waals surface area contributed by atoms with Gasteiger partial charge in [0.05, 0.1) is 11.2 Å². The van der Waals surface area contributed by atoms with Crippen molar-refractivity contribution in [1.29, 1.82) is 0 Å². The maximum Gasteiger partial charge on any atom is 0.130 e. The van der Waals surface area contributed by atoms with E-state index in [1.807, 2.05) is 6.07 Å². The summed E-state index contributed by atoms with van der Waals surface area (Å²) in [6, 6.07) is 3.59. The monoisotopic (exact) mass is 332 g/mol. The van der Waals surface area contributed by atoms with Crippen molar-refractivity contribution in [3.8, 4) is 0 Å². The molecule has 2 aromatic rings. The van der Waals surface area contributed by atoms with Crippen molar-refractivity contribution in [3.05, 3.63) is 29.0 Å². The lowest BCUT2D eigenvalue weighted by Crippen LogP contribution is -2.33. The summed E-state index contributed by atoms with van der Waals surface area (Å²) >= 11 is 6.04. The van der Waals surface area contributed by atoms with Crippen LogP contribution >= 0.6 is 11.6 Å². The highest BCUT2D eigenvalue weighted by Gasteiger charge is 2.18. The second kappa shape index (κ2) is 7.23. The third kappa shape index (κ3) is 3.79. The Morgan fingerprint density at radius 1 is 1.39 bits per heavy atom. The van der Waals surface area contributed by atoms with Crippen LogP contribution in [-0.2, 0) is 11.2 Å². The van der Waals surface area contributed by atoms with Crippen molar-refractivity contribution in [2.45, 2.75) is 19.3 Å². The first-order valence-electron chi connectivity index (χ1n) is 7.97. The Kier molecular flexibility index (Phi) is 5.08. The predicted molar refractivity (Wildman–Crippen MR) is 93.0 cm³/mol. The Bertz CT molecular complexity index is 698. The predicted octanol–water partition coefficient (Wildman–Crippen LogP) is 2.78. The Labute approximate surface area is 141 Å². The van der Waals surface area contributed by atoms with E-state index in [1.54, 1.807) is 12.3 Å². The molecule has 0 spiro atoms. The zero-order chi connectivity index (χ0) is 16.2. The van der Waals surface area contributed by atoms with Crippen molar-refractivity contribution in [3.63, 3.8) is 0 Å². The van der Waals surface area contributed by atoms with Gasteiger partial charge in [-0.3, -0.25) is 4.98 Å². The number of pyridine rings is 2. The third-order valence-electron chi connectivity index (χ3n) is 4.47. The van der Waals surface area contributed by atoms with Gasteiger partial charge in [-0.15, -0.1) is 0 Å². The van der Waals surface area contributed by atoms with Crippen molar-refractivity contribution in [2.75, 3.05) is 32.0 Å². The fourth-order valence-corrected chi connectivity index (χ4v) is 3.18. The summed E-state index contributed by atoms with van der Waals surface area (Å²) < 4.78 is 0. The number of nitrogens with one attached hydrogen (secondary N) is 1. The zero-order valence-electron chi connectivity index (χ0n) is 13.3. The number of halogens is 1. The summed E-state index contributed by atoms with van der Waals surface area (Å²) in [5.74, 6) is 0.637. The molecule has 1 aliphatic rings. The number of likely N-dealkylation sites (tertiary alicyclic amines) is 1. The number of rotatable bonds is 5. The smallest absolute Gasteiger partial charge is 0.130 e. The Hall–Kier alpha value is -1.72. The van der Waals surface area contributed by atoms with Crippen molar-refractivity contribution in [2.24, 2.45) is 5.92 Å². The SMILES string of the molecule is CN1CCC(CNc2c(CC=O)cnc3ccc(Cl)nc23)CC1. The number of piperidine rings is 1. The molecule has 23 heavy (non-hydrogen) atoms. The number of nitrogens with zero attached hydrogens (tertiary/aromatic N) is 3. The lowest BCUT2D eigenvalue weighted by Gasteiger charge is -2.29. The van der Waals surface area contributed by atoms with E-state index in [1.165, 1.54) is 12.8 Å². The fraction of sp³-hybridized carbons (Fsp3) is 0.471. The Morgan fingerprint density at radius 2 is 2.17 bits per heavy atom. The van der Waals surface area contributed by atoms with Gasteiger partial charge in [0.15, 0.2) is 0 Å². The molecule has 0 bridgehead atoms. The molecular formula is C17H21ClN4O. The summed E-state index contributed by atoms with van der Waals surface area (Å²) in [7, 11) is 2.16. The number of carbonyl (C=O) groups is 1. The van der Waals surface area contributed by atoms with Gasteiger partial charge in [-0.05, 0) is 51.0 Å². The molecule has 6 heteroatoms. The molecule has 0 aromatic carbocycles. The van der Waals surface area contributed by atoms with E-state index >= 15 is 0 Å². The number of hydrogen-bond donors (Lipinski definition) is 1. The van der Waals surface area contributed by atoms with Gasteiger partial charge in [0.25, 0.3) is 0 Å². The first-order valence-corrected chi connectivity index (χ1v) is 8.35. The van der Waals surface area contributed by atoms with E-state index in [2.05, 4.69) is 27.2 Å². The Morgan fingerprint density at radius 3 is 2.91 bits per heavy atom. The number of hydrogen-bond acceptors (Lipinski definition) is 5. The van der Waals surface area contributed by atoms with E-state index < -0.39 is 0 Å². The van der Waals surface area contributed by atoms with Crippen LogP contribution in [0.4, 0.5) is 5.69 Å². The van der Waals surface area contributed by atoms with Gasteiger partial charge in [0.1, 0.15) is 17.0 Å². The summed E-state index contributed by atoms with van der Waals surface area (Å²) in [4.78, 5) is 22.1. The van der Waals surface area contributed by atoms with Gasteiger partial charge < -0.3 is 15.0 Å². The normalized spacial score (nSPS) is 16.6. The van der Waals surface area contributed by atoms with Gasteiger partial charge in [-0.1, -0.05) is 11.6 Å².